The second-order valence-electron chi connectivity index (χ2n) is 7.13. The van der Waals surface area contributed by atoms with Crippen molar-refractivity contribution in [3.05, 3.63) is 29.3 Å². The van der Waals surface area contributed by atoms with Crippen molar-refractivity contribution in [1.29, 1.82) is 5.41 Å². The van der Waals surface area contributed by atoms with Crippen LogP contribution in [0.5, 0.6) is 0 Å². The average Bonchev–Trinajstić information content (AvgIpc) is 3.32. The number of fused-ring (bicyclic) bond motifs is 1. The zero-order valence-corrected chi connectivity index (χ0v) is 16.4. The molecule has 0 unspecified atom stereocenters. The van der Waals surface area contributed by atoms with Crippen LogP contribution in [-0.2, 0) is 4.79 Å². The van der Waals surface area contributed by atoms with E-state index in [1.165, 1.54) is 11.3 Å². The number of benzene rings is 1. The summed E-state index contributed by atoms with van der Waals surface area (Å²) in [5.74, 6) is -0.232. The zero-order valence-electron chi connectivity index (χ0n) is 15.6. The van der Waals surface area contributed by atoms with E-state index in [0.717, 1.165) is 42.4 Å². The number of nitrogens with one attached hydrogen (secondary N) is 3. The van der Waals surface area contributed by atoms with Gasteiger partial charge in [0, 0.05) is 12.3 Å². The quantitative estimate of drug-likeness (QED) is 0.350. The van der Waals surface area contributed by atoms with Gasteiger partial charge in [-0.15, -0.1) is 11.3 Å². The van der Waals surface area contributed by atoms with Gasteiger partial charge in [0.2, 0.25) is 11.7 Å². The number of carbonyl (C=O) groups excluding carboxylic acids is 2. The zero-order chi connectivity index (χ0) is 19.2. The fourth-order valence-electron chi connectivity index (χ4n) is 3.30. The monoisotopic (exact) mass is 386 g/mol. The molecule has 0 saturated carbocycles. The topological polar surface area (TPSA) is 94.9 Å². The van der Waals surface area contributed by atoms with E-state index in [9.17, 15) is 9.59 Å². The number of hydrogen-bond acceptors (Lipinski definition) is 6. The van der Waals surface area contributed by atoms with E-state index in [1.54, 1.807) is 6.92 Å². The second-order valence-corrected chi connectivity index (χ2v) is 8.16. The van der Waals surface area contributed by atoms with Gasteiger partial charge in [-0.3, -0.25) is 9.59 Å². The molecule has 1 aromatic heterocycles. The number of rotatable bonds is 9. The van der Waals surface area contributed by atoms with Crippen LogP contribution in [0.2, 0.25) is 0 Å². The summed E-state index contributed by atoms with van der Waals surface area (Å²) >= 11 is 1.38. The smallest absolute Gasteiger partial charge is 0.225 e. The third kappa shape index (κ3) is 5.20. The molecule has 27 heavy (non-hydrogen) atoms. The summed E-state index contributed by atoms with van der Waals surface area (Å²) < 4.78 is 0.977. The van der Waals surface area contributed by atoms with Crippen LogP contribution in [-0.4, -0.2) is 41.5 Å². The minimum Gasteiger partial charge on any atom is -0.346 e. The molecule has 1 aliphatic rings. The first-order chi connectivity index (χ1) is 13.0. The van der Waals surface area contributed by atoms with Crippen molar-refractivity contribution in [2.75, 3.05) is 13.1 Å². The lowest BCUT2D eigenvalue weighted by atomic mass is 10.0. The highest BCUT2D eigenvalue weighted by Crippen LogP contribution is 2.23. The lowest BCUT2D eigenvalue weighted by Crippen LogP contribution is -2.44. The van der Waals surface area contributed by atoms with Gasteiger partial charge in [0.05, 0.1) is 22.2 Å². The molecule has 2 heterocycles. The molecule has 0 bridgehead atoms. The molecule has 1 aliphatic heterocycles. The molecule has 144 valence electrons. The number of hydrogen-bond donors (Lipinski definition) is 3. The first-order valence-electron chi connectivity index (χ1n) is 9.49. The highest BCUT2D eigenvalue weighted by molar-refractivity contribution is 7.20. The van der Waals surface area contributed by atoms with Crippen molar-refractivity contribution < 1.29 is 9.59 Å². The maximum atomic E-state index is 13.1. The molecule has 1 saturated heterocycles. The Morgan fingerprint density at radius 2 is 2.19 bits per heavy atom. The maximum absolute atomic E-state index is 13.1. The SMILES string of the molecule is CC(=N)CCCC[C@H](NC(=O)[C@H]1CCNC1)C(=O)c1nc2ccccc2s1. The molecule has 2 atom stereocenters. The number of ketones is 1. The summed E-state index contributed by atoms with van der Waals surface area (Å²) in [6.07, 6.45) is 3.75. The van der Waals surface area contributed by atoms with Gasteiger partial charge in [0.15, 0.2) is 5.01 Å². The molecule has 0 spiro atoms. The number of para-hydroxylation sites is 1. The van der Waals surface area contributed by atoms with E-state index in [2.05, 4.69) is 15.6 Å². The minimum atomic E-state index is -0.551. The first-order valence-corrected chi connectivity index (χ1v) is 10.3. The predicted octanol–water partition coefficient (Wildman–Crippen LogP) is 3.17. The molecule has 7 heteroatoms. The number of thiazole rings is 1. The van der Waals surface area contributed by atoms with E-state index < -0.39 is 6.04 Å². The average molecular weight is 387 g/mol. The van der Waals surface area contributed by atoms with Crippen molar-refractivity contribution in [2.24, 2.45) is 5.92 Å². The van der Waals surface area contributed by atoms with E-state index in [-0.39, 0.29) is 17.6 Å². The number of Topliss-reactive ketones (excluding diaryl/α,β-unsaturated/α-hetero) is 1. The second kappa shape index (κ2) is 9.19. The van der Waals surface area contributed by atoms with Crippen LogP contribution in [0, 0.1) is 11.3 Å². The number of amides is 1. The van der Waals surface area contributed by atoms with Crippen LogP contribution >= 0.6 is 11.3 Å². The third-order valence-electron chi connectivity index (χ3n) is 4.86. The van der Waals surface area contributed by atoms with Crippen LogP contribution in [0.3, 0.4) is 0 Å². The summed E-state index contributed by atoms with van der Waals surface area (Å²) in [7, 11) is 0. The van der Waals surface area contributed by atoms with Gasteiger partial charge in [0.1, 0.15) is 0 Å². The van der Waals surface area contributed by atoms with Crippen molar-refractivity contribution in [2.45, 2.75) is 45.1 Å². The molecule has 6 nitrogen and oxygen atoms in total. The summed E-state index contributed by atoms with van der Waals surface area (Å²) in [4.78, 5) is 30.1. The lowest BCUT2D eigenvalue weighted by molar-refractivity contribution is -0.124. The molecule has 1 aromatic carbocycles. The van der Waals surface area contributed by atoms with Gasteiger partial charge < -0.3 is 16.0 Å². The normalized spacial score (nSPS) is 17.7. The number of nitrogens with zero attached hydrogens (tertiary/aromatic N) is 1. The summed E-state index contributed by atoms with van der Waals surface area (Å²) in [5.41, 5.74) is 1.46. The van der Waals surface area contributed by atoms with Gasteiger partial charge in [0.25, 0.3) is 0 Å². The summed E-state index contributed by atoms with van der Waals surface area (Å²) in [6, 6.07) is 7.13. The largest absolute Gasteiger partial charge is 0.346 e. The molecule has 1 amide bonds. The van der Waals surface area contributed by atoms with E-state index in [0.29, 0.717) is 23.7 Å². The van der Waals surface area contributed by atoms with Gasteiger partial charge in [-0.2, -0.15) is 0 Å². The first kappa shape index (κ1) is 19.6. The third-order valence-corrected chi connectivity index (χ3v) is 5.91. The van der Waals surface area contributed by atoms with Crippen LogP contribution in [0.15, 0.2) is 24.3 Å². The number of aromatic nitrogens is 1. The lowest BCUT2D eigenvalue weighted by Gasteiger charge is -2.19. The molecule has 0 aliphatic carbocycles. The van der Waals surface area contributed by atoms with Gasteiger partial charge >= 0.3 is 0 Å². The molecule has 0 radical (unpaired) electrons. The van der Waals surface area contributed by atoms with Gasteiger partial charge in [-0.25, -0.2) is 4.98 Å². The summed E-state index contributed by atoms with van der Waals surface area (Å²) in [5, 5.41) is 14.2. The molecular formula is C20H26N4O2S. The van der Waals surface area contributed by atoms with Gasteiger partial charge in [-0.05, 0) is 51.3 Å². The predicted molar refractivity (Wildman–Crippen MR) is 109 cm³/mol. The maximum Gasteiger partial charge on any atom is 0.225 e. The fraction of sp³-hybridized carbons (Fsp3) is 0.500. The minimum absolute atomic E-state index is 0.0531. The highest BCUT2D eigenvalue weighted by atomic mass is 32.1. The molecule has 3 rings (SSSR count). The molecule has 3 N–H and O–H groups in total. The van der Waals surface area contributed by atoms with Gasteiger partial charge in [-0.1, -0.05) is 18.6 Å². The van der Waals surface area contributed by atoms with E-state index in [4.69, 9.17) is 5.41 Å². The van der Waals surface area contributed by atoms with Crippen LogP contribution in [0.25, 0.3) is 10.2 Å². The molecular weight excluding hydrogens is 360 g/mol. The Kier molecular flexibility index (Phi) is 6.68. The highest BCUT2D eigenvalue weighted by Gasteiger charge is 2.29. The Morgan fingerprint density at radius 1 is 1.37 bits per heavy atom. The van der Waals surface area contributed by atoms with E-state index in [1.807, 2.05) is 24.3 Å². The Labute approximate surface area is 163 Å². The van der Waals surface area contributed by atoms with Crippen LogP contribution < -0.4 is 10.6 Å². The fourth-order valence-corrected chi connectivity index (χ4v) is 4.26. The Balaban J connectivity index is 1.71. The van der Waals surface area contributed by atoms with Crippen LogP contribution in [0.4, 0.5) is 0 Å². The Hall–Kier alpha value is -2.12. The van der Waals surface area contributed by atoms with Crippen LogP contribution in [0.1, 0.15) is 48.8 Å². The standard InChI is InChI=1S/C20H26N4O2S/c1-13(21)6-2-3-8-16(23-19(26)14-10-11-22-12-14)18(25)20-24-15-7-4-5-9-17(15)27-20/h4-5,7,9,14,16,21-22H,2-3,6,8,10-12H2,1H3,(H,23,26)/t14-,16-/m0/s1. The Morgan fingerprint density at radius 3 is 2.89 bits per heavy atom. The number of unbranched alkanes of at least 4 members (excludes halogenated alkanes) is 1. The molecule has 2 aromatic rings. The number of carbonyl (C=O) groups is 2. The van der Waals surface area contributed by atoms with Crippen molar-refractivity contribution in [1.82, 2.24) is 15.6 Å². The van der Waals surface area contributed by atoms with Crippen molar-refractivity contribution in [3.8, 4) is 0 Å². The van der Waals surface area contributed by atoms with E-state index >= 15 is 0 Å². The van der Waals surface area contributed by atoms with Crippen molar-refractivity contribution >= 4 is 39.0 Å². The summed E-state index contributed by atoms with van der Waals surface area (Å²) in [6.45, 7) is 3.30. The Bertz CT molecular complexity index is 793. The van der Waals surface area contributed by atoms with Crippen molar-refractivity contribution in [3.63, 3.8) is 0 Å². The molecule has 1 fully saturated rings.